The Morgan fingerprint density at radius 1 is 1.33 bits per heavy atom. The lowest BCUT2D eigenvalue weighted by Gasteiger charge is -1.88. The van der Waals surface area contributed by atoms with Crippen LogP contribution in [-0.4, -0.2) is 14.2 Å². The SMILES string of the molecule is C1=CCSC=C1.NS(=O)(=O)c1cccs1. The molecule has 6 heteroatoms. The van der Waals surface area contributed by atoms with Gasteiger partial charge >= 0.3 is 0 Å². The molecule has 1 aliphatic rings. The van der Waals surface area contributed by atoms with Crippen molar-refractivity contribution in [3.05, 3.63) is 41.1 Å². The summed E-state index contributed by atoms with van der Waals surface area (Å²) in [6.45, 7) is 0. The molecule has 1 aromatic heterocycles. The molecular weight excluding hydrogens is 250 g/mol. The molecule has 2 N–H and O–H groups in total. The third kappa shape index (κ3) is 5.17. The molecule has 0 aromatic carbocycles. The normalized spacial score (nSPS) is 14.5. The largest absolute Gasteiger partial charge is 0.247 e. The predicted octanol–water partition coefficient (Wildman–Crippen LogP) is 2.20. The van der Waals surface area contributed by atoms with Crippen molar-refractivity contribution in [2.45, 2.75) is 4.21 Å². The van der Waals surface area contributed by atoms with Gasteiger partial charge in [0.15, 0.2) is 0 Å². The summed E-state index contributed by atoms with van der Waals surface area (Å²) in [7, 11) is -3.44. The zero-order chi connectivity index (χ0) is 11.1. The molecule has 2 heterocycles. The van der Waals surface area contributed by atoms with E-state index in [1.807, 2.05) is 17.8 Å². The monoisotopic (exact) mass is 261 g/mol. The fourth-order valence-electron chi connectivity index (χ4n) is 0.772. The van der Waals surface area contributed by atoms with E-state index in [4.69, 9.17) is 5.14 Å². The van der Waals surface area contributed by atoms with Gasteiger partial charge in [-0.25, -0.2) is 13.6 Å². The van der Waals surface area contributed by atoms with Gasteiger partial charge in [-0.2, -0.15) is 0 Å². The summed E-state index contributed by atoms with van der Waals surface area (Å²) in [4.78, 5) is 0. The van der Waals surface area contributed by atoms with Crippen molar-refractivity contribution in [3.8, 4) is 0 Å². The van der Waals surface area contributed by atoms with Gasteiger partial charge in [0.05, 0.1) is 0 Å². The maximum Gasteiger partial charge on any atom is 0.247 e. The summed E-state index contributed by atoms with van der Waals surface area (Å²) in [5.41, 5.74) is 0. The highest BCUT2D eigenvalue weighted by molar-refractivity contribution is 8.02. The Bertz CT molecular complexity index is 420. The average Bonchev–Trinajstić information content (AvgIpc) is 2.73. The van der Waals surface area contributed by atoms with Gasteiger partial charge in [0.2, 0.25) is 10.0 Å². The van der Waals surface area contributed by atoms with Crippen LogP contribution in [0.2, 0.25) is 0 Å². The second-order valence-electron chi connectivity index (χ2n) is 2.57. The third-order valence-electron chi connectivity index (χ3n) is 1.39. The molecule has 0 unspecified atom stereocenters. The predicted molar refractivity (Wildman–Crippen MR) is 66.4 cm³/mol. The molecule has 0 atom stereocenters. The molecule has 82 valence electrons. The molecule has 0 saturated heterocycles. The van der Waals surface area contributed by atoms with Crippen LogP contribution in [0.25, 0.3) is 0 Å². The number of nitrogens with two attached hydrogens (primary N) is 1. The Balaban J connectivity index is 0.000000162. The number of hydrogen-bond donors (Lipinski definition) is 1. The van der Waals surface area contributed by atoms with Crippen LogP contribution >= 0.6 is 23.1 Å². The Morgan fingerprint density at radius 2 is 2.13 bits per heavy atom. The Kier molecular flexibility index (Phi) is 5.10. The lowest BCUT2D eigenvalue weighted by molar-refractivity contribution is 0.600. The first-order valence-electron chi connectivity index (χ1n) is 4.10. The van der Waals surface area contributed by atoms with E-state index in [9.17, 15) is 8.42 Å². The summed E-state index contributed by atoms with van der Waals surface area (Å²) in [6, 6.07) is 3.12. The van der Waals surface area contributed by atoms with Gasteiger partial charge in [-0.3, -0.25) is 0 Å². The van der Waals surface area contributed by atoms with Crippen molar-refractivity contribution in [2.75, 3.05) is 5.75 Å². The van der Waals surface area contributed by atoms with Crippen molar-refractivity contribution in [1.29, 1.82) is 0 Å². The van der Waals surface area contributed by atoms with E-state index in [0.29, 0.717) is 0 Å². The van der Waals surface area contributed by atoms with Gasteiger partial charge in [-0.05, 0) is 16.9 Å². The number of rotatable bonds is 1. The van der Waals surface area contributed by atoms with Crippen LogP contribution in [0.1, 0.15) is 0 Å². The first-order chi connectivity index (χ1) is 7.11. The number of thiophene rings is 1. The number of thioether (sulfide) groups is 1. The van der Waals surface area contributed by atoms with Crippen molar-refractivity contribution in [2.24, 2.45) is 5.14 Å². The molecule has 1 aliphatic heterocycles. The van der Waals surface area contributed by atoms with Gasteiger partial charge in [0, 0.05) is 5.75 Å². The van der Waals surface area contributed by atoms with E-state index in [-0.39, 0.29) is 4.21 Å². The maximum atomic E-state index is 10.5. The van der Waals surface area contributed by atoms with Crippen molar-refractivity contribution in [1.82, 2.24) is 0 Å². The molecule has 0 amide bonds. The molecule has 3 nitrogen and oxygen atoms in total. The van der Waals surface area contributed by atoms with Crippen LogP contribution in [0.4, 0.5) is 0 Å². The van der Waals surface area contributed by atoms with Crippen LogP contribution < -0.4 is 5.14 Å². The zero-order valence-corrected chi connectivity index (χ0v) is 10.3. The van der Waals surface area contributed by atoms with Crippen molar-refractivity contribution < 1.29 is 8.42 Å². The molecule has 15 heavy (non-hydrogen) atoms. The summed E-state index contributed by atoms with van der Waals surface area (Å²) < 4.78 is 21.2. The molecular formula is C9H11NO2S3. The summed E-state index contributed by atoms with van der Waals surface area (Å²) in [5, 5.41) is 8.55. The van der Waals surface area contributed by atoms with Gasteiger partial charge in [-0.15, -0.1) is 23.1 Å². The standard InChI is InChI=1S/C5H6S.C4H5NO2S2/c1-2-4-6-5-3-1;5-9(6,7)4-2-1-3-8-4/h1-4H,5H2;1-3H,(H2,5,6,7). The van der Waals surface area contributed by atoms with Crippen molar-refractivity contribution >= 4 is 33.1 Å². The number of hydrogen-bond acceptors (Lipinski definition) is 4. The minimum Gasteiger partial charge on any atom is -0.224 e. The van der Waals surface area contributed by atoms with E-state index in [1.165, 1.54) is 6.07 Å². The summed E-state index contributed by atoms with van der Waals surface area (Å²) >= 11 is 2.94. The van der Waals surface area contributed by atoms with Gasteiger partial charge in [0.25, 0.3) is 0 Å². The Hall–Kier alpha value is -0.560. The van der Waals surface area contributed by atoms with Crippen LogP contribution in [-0.2, 0) is 10.0 Å². The smallest absolute Gasteiger partial charge is 0.224 e. The topological polar surface area (TPSA) is 60.2 Å². The highest BCUT2D eigenvalue weighted by atomic mass is 32.2. The lowest BCUT2D eigenvalue weighted by Crippen LogP contribution is -2.09. The van der Waals surface area contributed by atoms with Crippen LogP contribution in [0.5, 0.6) is 0 Å². The van der Waals surface area contributed by atoms with E-state index >= 15 is 0 Å². The second kappa shape index (κ2) is 6.12. The van der Waals surface area contributed by atoms with Gasteiger partial charge in [0.1, 0.15) is 4.21 Å². The minimum atomic E-state index is -3.44. The van der Waals surface area contributed by atoms with E-state index in [0.717, 1.165) is 17.1 Å². The first-order valence-corrected chi connectivity index (χ1v) is 7.58. The zero-order valence-electron chi connectivity index (χ0n) is 7.87. The summed E-state index contributed by atoms with van der Waals surface area (Å²) in [6.07, 6.45) is 6.26. The molecule has 0 fully saturated rings. The molecule has 0 bridgehead atoms. The van der Waals surface area contributed by atoms with E-state index < -0.39 is 10.0 Å². The highest BCUT2D eigenvalue weighted by Crippen LogP contribution is 2.12. The average molecular weight is 261 g/mol. The minimum absolute atomic E-state index is 0.211. The molecule has 0 spiro atoms. The number of sulfonamides is 1. The van der Waals surface area contributed by atoms with Crippen molar-refractivity contribution in [3.63, 3.8) is 0 Å². The Morgan fingerprint density at radius 3 is 2.33 bits per heavy atom. The van der Waals surface area contributed by atoms with Crippen LogP contribution in [0, 0.1) is 0 Å². The molecule has 0 saturated carbocycles. The molecule has 2 rings (SSSR count). The lowest BCUT2D eigenvalue weighted by atomic mass is 10.5. The van der Waals surface area contributed by atoms with E-state index in [1.54, 1.807) is 11.4 Å². The van der Waals surface area contributed by atoms with Crippen LogP contribution in [0.15, 0.2) is 45.4 Å². The third-order valence-corrected chi connectivity index (χ3v) is 4.47. The fraction of sp³-hybridized carbons (Fsp3) is 0.111. The fourth-order valence-corrected chi connectivity index (χ4v) is 2.73. The molecule has 0 radical (unpaired) electrons. The second-order valence-corrected chi connectivity index (χ2v) is 6.24. The van der Waals surface area contributed by atoms with Crippen LogP contribution in [0.3, 0.4) is 0 Å². The summed E-state index contributed by atoms with van der Waals surface area (Å²) in [5.74, 6) is 1.15. The Labute approximate surface area is 97.7 Å². The maximum absolute atomic E-state index is 10.5. The molecule has 1 aromatic rings. The first kappa shape index (κ1) is 12.5. The quantitative estimate of drug-likeness (QED) is 0.843. The molecule has 0 aliphatic carbocycles. The highest BCUT2D eigenvalue weighted by Gasteiger charge is 2.06. The number of primary sulfonamides is 1. The van der Waals surface area contributed by atoms with Gasteiger partial charge in [-0.1, -0.05) is 24.3 Å². The number of allylic oxidation sites excluding steroid dienone is 2. The van der Waals surface area contributed by atoms with E-state index in [2.05, 4.69) is 17.6 Å². The van der Waals surface area contributed by atoms with Gasteiger partial charge < -0.3 is 0 Å².